The monoisotopic (exact) mass is 470 g/mol. The van der Waals surface area contributed by atoms with Crippen LogP contribution in [-0.4, -0.2) is 28.1 Å². The average Bonchev–Trinajstić information content (AvgIpc) is 3.07. The van der Waals surface area contributed by atoms with Crippen LogP contribution < -0.4 is 9.64 Å². The molecule has 0 bridgehead atoms. The van der Waals surface area contributed by atoms with Crippen molar-refractivity contribution in [2.45, 2.75) is 26.0 Å². The van der Waals surface area contributed by atoms with Crippen molar-refractivity contribution in [2.75, 3.05) is 4.90 Å². The molecule has 0 fully saturated rings. The van der Waals surface area contributed by atoms with Gasteiger partial charge in [0.15, 0.2) is 6.10 Å². The highest BCUT2D eigenvalue weighted by atomic mass is 35.5. The third kappa shape index (κ3) is 3.64. The molecule has 1 N–H and O–H groups in total. The number of anilines is 1. The molecule has 6 nitrogen and oxygen atoms in total. The fraction of sp³-hybridized carbons (Fsp3) is 0.211. The average molecular weight is 472 g/mol. The number of aliphatic carboxylic acids is 1. The van der Waals surface area contributed by atoms with Gasteiger partial charge in [0, 0.05) is 0 Å². The number of hydrogen-bond donors (Lipinski definition) is 1. The molecule has 1 aromatic heterocycles. The van der Waals surface area contributed by atoms with Crippen molar-refractivity contribution in [3.8, 4) is 5.75 Å². The van der Waals surface area contributed by atoms with Crippen LogP contribution in [0.1, 0.15) is 17.0 Å². The smallest absolute Gasteiger partial charge is 0.307 e. The van der Waals surface area contributed by atoms with E-state index in [1.165, 1.54) is 16.2 Å². The summed E-state index contributed by atoms with van der Waals surface area (Å²) in [5.41, 5.74) is 1.88. The lowest BCUT2D eigenvalue weighted by Crippen LogP contribution is -2.46. The molecule has 1 atom stereocenters. The number of carboxylic acid groups (broad SMARTS) is 1. The van der Waals surface area contributed by atoms with Crippen LogP contribution in [0.15, 0.2) is 24.3 Å². The van der Waals surface area contributed by atoms with Crippen LogP contribution in [0.3, 0.4) is 0 Å². The number of benzene rings is 2. The van der Waals surface area contributed by atoms with Gasteiger partial charge in [-0.05, 0) is 24.6 Å². The van der Waals surface area contributed by atoms with Gasteiger partial charge in [-0.3, -0.25) is 14.5 Å². The molecule has 1 amide bonds. The fourth-order valence-corrected chi connectivity index (χ4v) is 5.02. The van der Waals surface area contributed by atoms with Gasteiger partial charge < -0.3 is 9.84 Å². The van der Waals surface area contributed by atoms with Gasteiger partial charge in [-0.25, -0.2) is 4.98 Å². The first-order chi connectivity index (χ1) is 13.8. The summed E-state index contributed by atoms with van der Waals surface area (Å²) in [6.45, 7) is 1.98. The van der Waals surface area contributed by atoms with E-state index in [1.807, 2.05) is 13.0 Å². The second kappa shape index (κ2) is 7.65. The van der Waals surface area contributed by atoms with Crippen molar-refractivity contribution < 1.29 is 19.4 Å². The minimum Gasteiger partial charge on any atom is -0.481 e. The van der Waals surface area contributed by atoms with Crippen molar-refractivity contribution in [2.24, 2.45) is 0 Å². The summed E-state index contributed by atoms with van der Waals surface area (Å²) in [5, 5.41) is 10.7. The Labute approximate surface area is 184 Å². The van der Waals surface area contributed by atoms with Crippen LogP contribution >= 0.6 is 46.1 Å². The van der Waals surface area contributed by atoms with Gasteiger partial charge in [-0.2, -0.15) is 0 Å². The summed E-state index contributed by atoms with van der Waals surface area (Å²) in [4.78, 5) is 30.2. The van der Waals surface area contributed by atoms with E-state index in [1.54, 1.807) is 18.2 Å². The molecule has 10 heteroatoms. The molecule has 4 rings (SSSR count). The van der Waals surface area contributed by atoms with Crippen LogP contribution in [-0.2, 0) is 16.1 Å². The van der Waals surface area contributed by atoms with Gasteiger partial charge in [0.05, 0.1) is 38.4 Å². The first-order valence-electron chi connectivity index (χ1n) is 8.48. The van der Waals surface area contributed by atoms with E-state index in [0.29, 0.717) is 41.7 Å². The molecule has 0 saturated heterocycles. The standard InChI is InChI=1S/C19H13Cl3N2O4S/c1-8-3-2-4-11-17(8)24(19(27)12(28-11)6-14(25)26)7-13-23-16-15(22)9(20)5-10(21)18(16)29-13/h2-5,12H,6-7H2,1H3,(H,25,26). The van der Waals surface area contributed by atoms with E-state index in [9.17, 15) is 9.59 Å². The van der Waals surface area contributed by atoms with Crippen LogP contribution in [0.25, 0.3) is 10.2 Å². The van der Waals surface area contributed by atoms with E-state index in [-0.39, 0.29) is 6.54 Å². The summed E-state index contributed by atoms with van der Waals surface area (Å²) < 4.78 is 6.34. The first-order valence-corrected chi connectivity index (χ1v) is 10.4. The highest BCUT2D eigenvalue weighted by Gasteiger charge is 2.37. The van der Waals surface area contributed by atoms with E-state index >= 15 is 0 Å². The number of carboxylic acids is 1. The minimum absolute atomic E-state index is 0.125. The Hall–Kier alpha value is -2.06. The first kappa shape index (κ1) is 20.2. The summed E-state index contributed by atoms with van der Waals surface area (Å²) in [5.74, 6) is -1.10. The minimum atomic E-state index is -1.12. The number of aryl methyl sites for hydroxylation is 1. The van der Waals surface area contributed by atoms with E-state index in [0.717, 1.165) is 5.56 Å². The molecule has 0 spiro atoms. The SMILES string of the molecule is Cc1cccc2c1N(Cc1nc3c(Cl)c(Cl)cc(Cl)c3s1)C(=O)C(CC(=O)O)O2. The lowest BCUT2D eigenvalue weighted by molar-refractivity contribution is -0.142. The molecule has 150 valence electrons. The number of carbonyl (C=O) groups is 2. The molecule has 0 aliphatic carbocycles. The largest absolute Gasteiger partial charge is 0.481 e. The summed E-state index contributed by atoms with van der Waals surface area (Å²) >= 11 is 19.9. The Balaban J connectivity index is 1.78. The zero-order valence-electron chi connectivity index (χ0n) is 14.9. The number of ether oxygens (including phenoxy) is 1. The number of fused-ring (bicyclic) bond motifs is 2. The number of amides is 1. The topological polar surface area (TPSA) is 79.7 Å². The third-order valence-corrected chi connectivity index (χ3v) is 6.76. The lowest BCUT2D eigenvalue weighted by Gasteiger charge is -2.34. The lowest BCUT2D eigenvalue weighted by atomic mass is 10.1. The molecule has 1 aliphatic rings. The molecule has 1 unspecified atom stereocenters. The predicted molar refractivity (Wildman–Crippen MR) is 114 cm³/mol. The van der Waals surface area contributed by atoms with Gasteiger partial charge >= 0.3 is 5.97 Å². The molecule has 0 radical (unpaired) electrons. The Bertz CT molecular complexity index is 1160. The quantitative estimate of drug-likeness (QED) is 0.520. The second-order valence-electron chi connectivity index (χ2n) is 6.49. The molecule has 3 aromatic rings. The number of para-hydroxylation sites is 1. The second-order valence-corrected chi connectivity index (χ2v) is 8.77. The summed E-state index contributed by atoms with van der Waals surface area (Å²) in [7, 11) is 0. The summed E-state index contributed by atoms with van der Waals surface area (Å²) in [6, 6.07) is 6.91. The van der Waals surface area contributed by atoms with Crippen LogP contribution in [0.2, 0.25) is 15.1 Å². The van der Waals surface area contributed by atoms with Crippen molar-refractivity contribution in [1.29, 1.82) is 0 Å². The van der Waals surface area contributed by atoms with Crippen molar-refractivity contribution in [1.82, 2.24) is 4.98 Å². The van der Waals surface area contributed by atoms with Crippen LogP contribution in [0, 0.1) is 6.92 Å². The normalized spacial score (nSPS) is 16.1. The number of aromatic nitrogens is 1. The van der Waals surface area contributed by atoms with Gasteiger partial charge in [0.2, 0.25) is 0 Å². The van der Waals surface area contributed by atoms with Gasteiger partial charge in [-0.1, -0.05) is 46.9 Å². The van der Waals surface area contributed by atoms with Crippen molar-refractivity contribution >= 4 is 73.9 Å². The number of rotatable bonds is 4. The number of hydrogen-bond acceptors (Lipinski definition) is 5. The zero-order chi connectivity index (χ0) is 20.9. The van der Waals surface area contributed by atoms with Crippen LogP contribution in [0.4, 0.5) is 5.69 Å². The molecule has 29 heavy (non-hydrogen) atoms. The number of nitrogens with zero attached hydrogens (tertiary/aromatic N) is 2. The maximum absolute atomic E-state index is 13.0. The molecule has 1 aliphatic heterocycles. The van der Waals surface area contributed by atoms with Crippen molar-refractivity contribution in [3.63, 3.8) is 0 Å². The number of carbonyl (C=O) groups excluding carboxylic acids is 1. The van der Waals surface area contributed by atoms with Gasteiger partial charge in [0.1, 0.15) is 16.3 Å². The Kier molecular flexibility index (Phi) is 5.33. The van der Waals surface area contributed by atoms with E-state index in [4.69, 9.17) is 44.6 Å². The zero-order valence-corrected chi connectivity index (χ0v) is 18.0. The number of halogens is 3. The maximum Gasteiger partial charge on any atom is 0.307 e. The van der Waals surface area contributed by atoms with Crippen molar-refractivity contribution in [3.05, 3.63) is 49.9 Å². The Morgan fingerprint density at radius 2 is 2.07 bits per heavy atom. The maximum atomic E-state index is 13.0. The molecular formula is C19H13Cl3N2O4S. The Morgan fingerprint density at radius 3 is 2.79 bits per heavy atom. The van der Waals surface area contributed by atoms with E-state index < -0.39 is 24.4 Å². The molecule has 0 saturated carbocycles. The van der Waals surface area contributed by atoms with Crippen LogP contribution in [0.5, 0.6) is 5.75 Å². The molecule has 2 aromatic carbocycles. The highest BCUT2D eigenvalue weighted by molar-refractivity contribution is 7.19. The highest BCUT2D eigenvalue weighted by Crippen LogP contribution is 2.41. The van der Waals surface area contributed by atoms with Gasteiger partial charge in [-0.15, -0.1) is 11.3 Å². The number of thiazole rings is 1. The van der Waals surface area contributed by atoms with E-state index in [2.05, 4.69) is 4.98 Å². The Morgan fingerprint density at radius 1 is 1.31 bits per heavy atom. The molecule has 2 heterocycles. The molecular weight excluding hydrogens is 459 g/mol. The van der Waals surface area contributed by atoms with Gasteiger partial charge in [0.25, 0.3) is 5.91 Å². The third-order valence-electron chi connectivity index (χ3n) is 4.49. The predicted octanol–water partition coefficient (Wildman–Crippen LogP) is 5.33. The fourth-order valence-electron chi connectivity index (χ4n) is 3.24. The summed E-state index contributed by atoms with van der Waals surface area (Å²) in [6.07, 6.45) is -1.55.